The zero-order valence-electron chi connectivity index (χ0n) is 8.44. The summed E-state index contributed by atoms with van der Waals surface area (Å²) >= 11 is 0. The lowest BCUT2D eigenvalue weighted by atomic mass is 9.72. The molecule has 0 aromatic carbocycles. The molecule has 0 bridgehead atoms. The van der Waals surface area contributed by atoms with E-state index in [0.29, 0.717) is 11.7 Å². The SMILES string of the molecule is CC1CNCC12CCCCCC2=O. The molecule has 0 radical (unpaired) electrons. The fraction of sp³-hybridized carbons (Fsp3) is 0.909. The molecule has 13 heavy (non-hydrogen) atoms. The summed E-state index contributed by atoms with van der Waals surface area (Å²) < 4.78 is 0. The van der Waals surface area contributed by atoms with E-state index in [2.05, 4.69) is 12.2 Å². The van der Waals surface area contributed by atoms with Crippen molar-refractivity contribution in [1.29, 1.82) is 0 Å². The van der Waals surface area contributed by atoms with Crippen molar-refractivity contribution in [3.05, 3.63) is 0 Å². The van der Waals surface area contributed by atoms with Gasteiger partial charge < -0.3 is 5.32 Å². The predicted octanol–water partition coefficient (Wildman–Crippen LogP) is 1.75. The first-order chi connectivity index (χ1) is 6.26. The van der Waals surface area contributed by atoms with Crippen molar-refractivity contribution in [3.8, 4) is 0 Å². The average Bonchev–Trinajstić information content (AvgIpc) is 2.36. The zero-order chi connectivity index (χ0) is 9.31. The minimum atomic E-state index is 0.0243. The van der Waals surface area contributed by atoms with Gasteiger partial charge in [0.2, 0.25) is 0 Å². The van der Waals surface area contributed by atoms with Crippen LogP contribution in [-0.4, -0.2) is 18.9 Å². The van der Waals surface area contributed by atoms with Crippen LogP contribution in [-0.2, 0) is 4.79 Å². The van der Waals surface area contributed by atoms with E-state index in [-0.39, 0.29) is 5.41 Å². The van der Waals surface area contributed by atoms with Gasteiger partial charge in [0, 0.05) is 18.4 Å². The van der Waals surface area contributed by atoms with Crippen LogP contribution in [0.5, 0.6) is 0 Å². The van der Waals surface area contributed by atoms with Gasteiger partial charge in [0.15, 0.2) is 0 Å². The Kier molecular flexibility index (Phi) is 2.41. The number of carbonyl (C=O) groups is 1. The highest BCUT2D eigenvalue weighted by atomic mass is 16.1. The van der Waals surface area contributed by atoms with Gasteiger partial charge in [-0.1, -0.05) is 19.8 Å². The van der Waals surface area contributed by atoms with Gasteiger partial charge in [-0.15, -0.1) is 0 Å². The van der Waals surface area contributed by atoms with Gasteiger partial charge in [0.1, 0.15) is 5.78 Å². The molecule has 1 aliphatic heterocycles. The Morgan fingerprint density at radius 3 is 2.92 bits per heavy atom. The van der Waals surface area contributed by atoms with Crippen molar-refractivity contribution in [2.75, 3.05) is 13.1 Å². The van der Waals surface area contributed by atoms with Gasteiger partial charge >= 0.3 is 0 Å². The molecule has 0 aromatic rings. The van der Waals surface area contributed by atoms with E-state index < -0.39 is 0 Å². The molecule has 0 aromatic heterocycles. The number of hydrogen-bond acceptors (Lipinski definition) is 2. The molecule has 1 saturated heterocycles. The van der Waals surface area contributed by atoms with Crippen molar-refractivity contribution >= 4 is 5.78 Å². The maximum atomic E-state index is 12.0. The first-order valence-electron chi connectivity index (χ1n) is 5.50. The Balaban J connectivity index is 2.21. The lowest BCUT2D eigenvalue weighted by Gasteiger charge is -2.29. The Morgan fingerprint density at radius 2 is 2.23 bits per heavy atom. The van der Waals surface area contributed by atoms with Crippen molar-refractivity contribution in [1.82, 2.24) is 5.32 Å². The van der Waals surface area contributed by atoms with Crippen molar-refractivity contribution in [3.63, 3.8) is 0 Å². The number of nitrogens with one attached hydrogen (secondary N) is 1. The smallest absolute Gasteiger partial charge is 0.140 e. The minimum absolute atomic E-state index is 0.0243. The number of hydrogen-bond donors (Lipinski definition) is 1. The molecule has 1 heterocycles. The number of rotatable bonds is 0. The van der Waals surface area contributed by atoms with Gasteiger partial charge in [-0.05, 0) is 25.3 Å². The fourth-order valence-corrected chi connectivity index (χ4v) is 2.88. The van der Waals surface area contributed by atoms with Gasteiger partial charge in [-0.2, -0.15) is 0 Å². The Morgan fingerprint density at radius 1 is 1.38 bits per heavy atom. The van der Waals surface area contributed by atoms with Crippen LogP contribution in [0.25, 0.3) is 0 Å². The molecule has 2 fully saturated rings. The molecule has 2 nitrogen and oxygen atoms in total. The molecular formula is C11H19NO. The van der Waals surface area contributed by atoms with E-state index in [0.717, 1.165) is 32.4 Å². The third-order valence-corrected chi connectivity index (χ3v) is 3.92. The van der Waals surface area contributed by atoms with Crippen molar-refractivity contribution < 1.29 is 4.79 Å². The monoisotopic (exact) mass is 181 g/mol. The molecule has 2 rings (SSSR count). The summed E-state index contributed by atoms with van der Waals surface area (Å²) in [4.78, 5) is 12.0. The maximum Gasteiger partial charge on any atom is 0.140 e. The summed E-state index contributed by atoms with van der Waals surface area (Å²) in [6.07, 6.45) is 5.57. The molecule has 1 saturated carbocycles. The van der Waals surface area contributed by atoms with E-state index in [9.17, 15) is 4.79 Å². The maximum absolute atomic E-state index is 12.0. The molecule has 2 heteroatoms. The topological polar surface area (TPSA) is 29.1 Å². The molecule has 2 atom stereocenters. The highest BCUT2D eigenvalue weighted by molar-refractivity contribution is 5.86. The lowest BCUT2D eigenvalue weighted by Crippen LogP contribution is -2.36. The van der Waals surface area contributed by atoms with Crippen LogP contribution < -0.4 is 5.32 Å². The summed E-state index contributed by atoms with van der Waals surface area (Å²) in [5.41, 5.74) is 0.0243. The number of ketones is 1. The summed E-state index contributed by atoms with van der Waals surface area (Å²) in [7, 11) is 0. The summed E-state index contributed by atoms with van der Waals surface area (Å²) in [6, 6.07) is 0. The highest BCUT2D eigenvalue weighted by Crippen LogP contribution is 2.40. The zero-order valence-corrected chi connectivity index (χ0v) is 8.44. The molecular weight excluding hydrogens is 162 g/mol. The van der Waals surface area contributed by atoms with Crippen LogP contribution in [0.1, 0.15) is 39.0 Å². The third-order valence-electron chi connectivity index (χ3n) is 3.92. The van der Waals surface area contributed by atoms with E-state index in [1.807, 2.05) is 0 Å². The second kappa shape index (κ2) is 3.41. The summed E-state index contributed by atoms with van der Waals surface area (Å²) in [6.45, 7) is 4.20. The van der Waals surface area contributed by atoms with Crippen molar-refractivity contribution in [2.45, 2.75) is 39.0 Å². The third kappa shape index (κ3) is 1.41. The molecule has 1 N–H and O–H groups in total. The van der Waals surface area contributed by atoms with E-state index >= 15 is 0 Å². The van der Waals surface area contributed by atoms with E-state index in [1.165, 1.54) is 12.8 Å². The van der Waals surface area contributed by atoms with Crippen molar-refractivity contribution in [2.24, 2.45) is 11.3 Å². The number of carbonyl (C=O) groups excluding carboxylic acids is 1. The van der Waals surface area contributed by atoms with Gasteiger partial charge in [-0.25, -0.2) is 0 Å². The first kappa shape index (κ1) is 9.20. The molecule has 0 amide bonds. The van der Waals surface area contributed by atoms with E-state index in [4.69, 9.17) is 0 Å². The first-order valence-corrected chi connectivity index (χ1v) is 5.50. The van der Waals surface area contributed by atoms with Crippen LogP contribution in [0.15, 0.2) is 0 Å². The number of Topliss-reactive ketones (excluding diaryl/α,β-unsaturated/α-hetero) is 1. The summed E-state index contributed by atoms with van der Waals surface area (Å²) in [5.74, 6) is 1.08. The van der Waals surface area contributed by atoms with Crippen LogP contribution >= 0.6 is 0 Å². The van der Waals surface area contributed by atoms with Crippen LogP contribution in [0, 0.1) is 11.3 Å². The fourth-order valence-electron chi connectivity index (χ4n) is 2.88. The molecule has 1 aliphatic carbocycles. The average molecular weight is 181 g/mol. The minimum Gasteiger partial charge on any atom is -0.315 e. The Labute approximate surface area is 80.1 Å². The van der Waals surface area contributed by atoms with Gasteiger partial charge in [0.25, 0.3) is 0 Å². The van der Waals surface area contributed by atoms with Crippen LogP contribution in [0.2, 0.25) is 0 Å². The lowest BCUT2D eigenvalue weighted by molar-refractivity contribution is -0.129. The van der Waals surface area contributed by atoms with E-state index in [1.54, 1.807) is 0 Å². The summed E-state index contributed by atoms with van der Waals surface area (Å²) in [5, 5.41) is 3.37. The largest absolute Gasteiger partial charge is 0.315 e. The second-order valence-electron chi connectivity index (χ2n) is 4.67. The Hall–Kier alpha value is -0.370. The standard InChI is InChI=1S/C11H19NO/c1-9-7-12-8-11(9)6-4-2-3-5-10(11)13/h9,12H,2-8H2,1H3. The van der Waals surface area contributed by atoms with Crippen LogP contribution in [0.4, 0.5) is 0 Å². The quantitative estimate of drug-likeness (QED) is 0.617. The van der Waals surface area contributed by atoms with Gasteiger partial charge in [0.05, 0.1) is 0 Å². The Bertz CT molecular complexity index is 214. The molecule has 1 spiro atoms. The molecule has 74 valence electrons. The second-order valence-corrected chi connectivity index (χ2v) is 4.67. The highest BCUT2D eigenvalue weighted by Gasteiger charge is 2.45. The normalized spacial score (nSPS) is 41.0. The predicted molar refractivity (Wildman–Crippen MR) is 52.6 cm³/mol. The van der Waals surface area contributed by atoms with Gasteiger partial charge in [-0.3, -0.25) is 4.79 Å². The molecule has 2 unspecified atom stereocenters. The molecule has 2 aliphatic rings. The van der Waals surface area contributed by atoms with Crippen LogP contribution in [0.3, 0.4) is 0 Å².